The zero-order valence-electron chi connectivity index (χ0n) is 6.42. The van der Waals surface area contributed by atoms with Gasteiger partial charge in [-0.3, -0.25) is 0 Å². The number of hydrogen-bond acceptors (Lipinski definition) is 2. The quantitative estimate of drug-likeness (QED) is 0.622. The molecule has 9 heavy (non-hydrogen) atoms. The normalized spacial score (nSPS) is 17.3. The SMILES string of the molecule is COC(C)CCC(C)O. The molecule has 0 aromatic rings. The zero-order chi connectivity index (χ0) is 7.28. The van der Waals surface area contributed by atoms with Gasteiger partial charge in [0, 0.05) is 7.11 Å². The van der Waals surface area contributed by atoms with Crippen LogP contribution in [0.3, 0.4) is 0 Å². The Morgan fingerprint density at radius 2 is 1.89 bits per heavy atom. The lowest BCUT2D eigenvalue weighted by Crippen LogP contribution is -2.09. The third kappa shape index (κ3) is 5.80. The Labute approximate surface area is 56.8 Å². The lowest BCUT2D eigenvalue weighted by molar-refractivity contribution is 0.0896. The summed E-state index contributed by atoms with van der Waals surface area (Å²) >= 11 is 0. The van der Waals surface area contributed by atoms with Crippen molar-refractivity contribution in [2.24, 2.45) is 0 Å². The van der Waals surface area contributed by atoms with Gasteiger partial charge in [0.15, 0.2) is 0 Å². The van der Waals surface area contributed by atoms with Crippen LogP contribution in [0.25, 0.3) is 0 Å². The van der Waals surface area contributed by atoms with Crippen LogP contribution in [0.1, 0.15) is 26.7 Å². The molecule has 0 aliphatic carbocycles. The third-order valence-electron chi connectivity index (χ3n) is 1.39. The molecule has 2 nitrogen and oxygen atoms in total. The smallest absolute Gasteiger partial charge is 0.0544 e. The standard InChI is InChI=1S/C7H16O2/c1-6(8)4-5-7(2)9-3/h6-8H,4-5H2,1-3H3. The molecular formula is C7H16O2. The molecule has 2 unspecified atom stereocenters. The van der Waals surface area contributed by atoms with Crippen LogP contribution in [-0.2, 0) is 4.74 Å². The molecule has 0 spiro atoms. The van der Waals surface area contributed by atoms with E-state index in [1.807, 2.05) is 6.92 Å². The maximum absolute atomic E-state index is 8.84. The molecule has 1 N–H and O–H groups in total. The van der Waals surface area contributed by atoms with Gasteiger partial charge in [0.2, 0.25) is 0 Å². The molecule has 0 rings (SSSR count). The van der Waals surface area contributed by atoms with Gasteiger partial charge in [-0.25, -0.2) is 0 Å². The lowest BCUT2D eigenvalue weighted by Gasteiger charge is -2.09. The maximum atomic E-state index is 8.84. The number of rotatable bonds is 4. The molecule has 2 atom stereocenters. The minimum atomic E-state index is -0.192. The number of methoxy groups -OCH3 is 1. The van der Waals surface area contributed by atoms with Crippen LogP contribution in [0.4, 0.5) is 0 Å². The average molecular weight is 132 g/mol. The van der Waals surface area contributed by atoms with Crippen LogP contribution in [0, 0.1) is 0 Å². The van der Waals surface area contributed by atoms with Gasteiger partial charge >= 0.3 is 0 Å². The molecule has 2 heteroatoms. The largest absolute Gasteiger partial charge is 0.393 e. The molecule has 0 heterocycles. The predicted molar refractivity (Wildman–Crippen MR) is 37.4 cm³/mol. The molecule has 0 saturated heterocycles. The molecule has 0 aliphatic heterocycles. The number of ether oxygens (including phenoxy) is 1. The molecule has 0 saturated carbocycles. The summed E-state index contributed by atoms with van der Waals surface area (Å²) in [6.07, 6.45) is 1.85. The molecule has 56 valence electrons. The first kappa shape index (κ1) is 8.92. The number of aliphatic hydroxyl groups is 1. The van der Waals surface area contributed by atoms with Crippen LogP contribution >= 0.6 is 0 Å². The van der Waals surface area contributed by atoms with Crippen molar-refractivity contribution in [3.63, 3.8) is 0 Å². The highest BCUT2D eigenvalue weighted by atomic mass is 16.5. The summed E-state index contributed by atoms with van der Waals surface area (Å²) in [6, 6.07) is 0. The van der Waals surface area contributed by atoms with Gasteiger partial charge in [-0.15, -0.1) is 0 Å². The van der Waals surface area contributed by atoms with Crippen LogP contribution in [0.15, 0.2) is 0 Å². The molecule has 0 fully saturated rings. The minimum absolute atomic E-state index is 0.192. The summed E-state index contributed by atoms with van der Waals surface area (Å²) in [5.41, 5.74) is 0. The van der Waals surface area contributed by atoms with Gasteiger partial charge in [-0.2, -0.15) is 0 Å². The fraction of sp³-hybridized carbons (Fsp3) is 1.00. The monoisotopic (exact) mass is 132 g/mol. The Hall–Kier alpha value is -0.0800. The molecule has 0 aromatic heterocycles. The summed E-state index contributed by atoms with van der Waals surface area (Å²) in [5, 5.41) is 8.84. The van der Waals surface area contributed by atoms with Gasteiger partial charge in [0.05, 0.1) is 12.2 Å². The van der Waals surface area contributed by atoms with E-state index in [0.717, 1.165) is 12.8 Å². The molecule has 0 aliphatic rings. The van der Waals surface area contributed by atoms with Crippen molar-refractivity contribution in [3.05, 3.63) is 0 Å². The summed E-state index contributed by atoms with van der Waals surface area (Å²) < 4.78 is 4.99. The Morgan fingerprint density at radius 1 is 1.33 bits per heavy atom. The van der Waals surface area contributed by atoms with Crippen LogP contribution in [0.5, 0.6) is 0 Å². The van der Waals surface area contributed by atoms with Gasteiger partial charge in [0.1, 0.15) is 0 Å². The second-order valence-corrected chi connectivity index (χ2v) is 2.47. The second-order valence-electron chi connectivity index (χ2n) is 2.47. The Morgan fingerprint density at radius 3 is 2.22 bits per heavy atom. The highest BCUT2D eigenvalue weighted by molar-refractivity contribution is 4.53. The molecular weight excluding hydrogens is 116 g/mol. The van der Waals surface area contributed by atoms with Crippen molar-refractivity contribution in [1.29, 1.82) is 0 Å². The molecule has 0 bridgehead atoms. The molecule has 0 radical (unpaired) electrons. The lowest BCUT2D eigenvalue weighted by atomic mass is 10.1. The second kappa shape index (κ2) is 4.77. The number of aliphatic hydroxyl groups excluding tert-OH is 1. The number of hydrogen-bond donors (Lipinski definition) is 1. The Kier molecular flexibility index (Phi) is 4.72. The van der Waals surface area contributed by atoms with Crippen LogP contribution in [0.2, 0.25) is 0 Å². The zero-order valence-corrected chi connectivity index (χ0v) is 6.42. The van der Waals surface area contributed by atoms with Crippen molar-refractivity contribution in [1.82, 2.24) is 0 Å². The third-order valence-corrected chi connectivity index (χ3v) is 1.39. The van der Waals surface area contributed by atoms with Crippen molar-refractivity contribution in [3.8, 4) is 0 Å². The summed E-state index contributed by atoms with van der Waals surface area (Å²) in [6.45, 7) is 3.80. The minimum Gasteiger partial charge on any atom is -0.393 e. The predicted octanol–water partition coefficient (Wildman–Crippen LogP) is 1.18. The van der Waals surface area contributed by atoms with Gasteiger partial charge in [0.25, 0.3) is 0 Å². The van der Waals surface area contributed by atoms with Gasteiger partial charge in [-0.1, -0.05) is 0 Å². The fourth-order valence-electron chi connectivity index (χ4n) is 0.594. The van der Waals surface area contributed by atoms with E-state index in [1.54, 1.807) is 14.0 Å². The Balaban J connectivity index is 3.06. The highest BCUT2D eigenvalue weighted by Gasteiger charge is 2.00. The van der Waals surface area contributed by atoms with Crippen molar-refractivity contribution in [2.45, 2.75) is 38.9 Å². The first-order valence-corrected chi connectivity index (χ1v) is 3.37. The van der Waals surface area contributed by atoms with Gasteiger partial charge < -0.3 is 9.84 Å². The first-order valence-electron chi connectivity index (χ1n) is 3.37. The van der Waals surface area contributed by atoms with E-state index in [1.165, 1.54) is 0 Å². The average Bonchev–Trinajstić information content (AvgIpc) is 1.83. The fourth-order valence-corrected chi connectivity index (χ4v) is 0.594. The molecule has 0 aromatic carbocycles. The van der Waals surface area contributed by atoms with E-state index in [9.17, 15) is 0 Å². The maximum Gasteiger partial charge on any atom is 0.0544 e. The Bertz CT molecular complexity index is 61.9. The topological polar surface area (TPSA) is 29.5 Å². The van der Waals surface area contributed by atoms with Crippen molar-refractivity contribution < 1.29 is 9.84 Å². The van der Waals surface area contributed by atoms with E-state index in [0.29, 0.717) is 0 Å². The van der Waals surface area contributed by atoms with Crippen LogP contribution < -0.4 is 0 Å². The summed E-state index contributed by atoms with van der Waals surface area (Å²) in [5.74, 6) is 0. The first-order chi connectivity index (χ1) is 4.16. The van der Waals surface area contributed by atoms with E-state index in [4.69, 9.17) is 9.84 Å². The van der Waals surface area contributed by atoms with E-state index in [2.05, 4.69) is 0 Å². The van der Waals surface area contributed by atoms with Gasteiger partial charge in [-0.05, 0) is 26.7 Å². The van der Waals surface area contributed by atoms with E-state index in [-0.39, 0.29) is 12.2 Å². The molecule has 0 amide bonds. The summed E-state index contributed by atoms with van der Waals surface area (Å²) in [7, 11) is 1.69. The van der Waals surface area contributed by atoms with Crippen molar-refractivity contribution in [2.75, 3.05) is 7.11 Å². The van der Waals surface area contributed by atoms with Crippen molar-refractivity contribution >= 4 is 0 Å². The highest BCUT2D eigenvalue weighted by Crippen LogP contribution is 2.02. The van der Waals surface area contributed by atoms with E-state index < -0.39 is 0 Å². The van der Waals surface area contributed by atoms with E-state index >= 15 is 0 Å². The summed E-state index contributed by atoms with van der Waals surface area (Å²) in [4.78, 5) is 0. The van der Waals surface area contributed by atoms with Crippen LogP contribution in [-0.4, -0.2) is 24.4 Å².